The molecule has 0 bridgehead atoms. The fourth-order valence-corrected chi connectivity index (χ4v) is 4.43. The molecule has 30 heavy (non-hydrogen) atoms. The summed E-state index contributed by atoms with van der Waals surface area (Å²) in [6.45, 7) is 2.13. The van der Waals surface area contributed by atoms with Crippen molar-refractivity contribution in [1.82, 2.24) is 36.0 Å². The SMILES string of the molecule is CC1CCC2(CC1)NC(=O)N(NC(=O)CSc1nnnn1-c1ccc(Cl)cc1)C2=O. The van der Waals surface area contributed by atoms with Gasteiger partial charge >= 0.3 is 6.03 Å². The molecule has 0 radical (unpaired) electrons. The first-order valence-electron chi connectivity index (χ1n) is 9.51. The fourth-order valence-electron chi connectivity index (χ4n) is 3.62. The summed E-state index contributed by atoms with van der Waals surface area (Å²) >= 11 is 6.98. The molecule has 0 atom stereocenters. The van der Waals surface area contributed by atoms with Gasteiger partial charge in [0.25, 0.3) is 5.91 Å². The van der Waals surface area contributed by atoms with Gasteiger partial charge in [0.15, 0.2) is 0 Å². The van der Waals surface area contributed by atoms with Gasteiger partial charge in [0.1, 0.15) is 5.54 Å². The molecule has 1 aliphatic heterocycles. The molecule has 4 amide bonds. The number of aromatic nitrogens is 4. The van der Waals surface area contributed by atoms with Gasteiger partial charge in [-0.1, -0.05) is 30.3 Å². The molecule has 2 aromatic rings. The highest BCUT2D eigenvalue weighted by Crippen LogP contribution is 2.35. The zero-order chi connectivity index (χ0) is 21.3. The number of halogens is 1. The van der Waals surface area contributed by atoms with Gasteiger partial charge in [-0.05, 0) is 66.3 Å². The molecule has 1 saturated heterocycles. The average molecular weight is 450 g/mol. The number of rotatable bonds is 5. The fraction of sp³-hybridized carbons (Fsp3) is 0.444. The van der Waals surface area contributed by atoms with Gasteiger partial charge in [0.2, 0.25) is 11.1 Å². The molecule has 1 aromatic carbocycles. The van der Waals surface area contributed by atoms with Crippen LogP contribution >= 0.6 is 23.4 Å². The van der Waals surface area contributed by atoms with E-state index in [1.54, 1.807) is 24.3 Å². The minimum Gasteiger partial charge on any atom is -0.322 e. The first kappa shape index (κ1) is 20.6. The number of hydrogen-bond donors (Lipinski definition) is 2. The highest BCUT2D eigenvalue weighted by Gasteiger charge is 2.52. The van der Waals surface area contributed by atoms with Crippen LogP contribution in [0.15, 0.2) is 29.4 Å². The predicted octanol–water partition coefficient (Wildman–Crippen LogP) is 1.94. The van der Waals surface area contributed by atoms with Crippen molar-refractivity contribution in [3.05, 3.63) is 29.3 Å². The maximum Gasteiger partial charge on any atom is 0.344 e. The zero-order valence-corrected chi connectivity index (χ0v) is 17.7. The Bertz CT molecular complexity index is 972. The summed E-state index contributed by atoms with van der Waals surface area (Å²) in [4.78, 5) is 37.5. The number of hydrogen-bond acceptors (Lipinski definition) is 7. The van der Waals surface area contributed by atoms with E-state index in [1.165, 1.54) is 4.68 Å². The minimum absolute atomic E-state index is 0.0743. The van der Waals surface area contributed by atoms with Crippen molar-refractivity contribution in [2.45, 2.75) is 43.3 Å². The molecule has 10 nitrogen and oxygen atoms in total. The summed E-state index contributed by atoms with van der Waals surface area (Å²) in [5.41, 5.74) is 2.20. The van der Waals surface area contributed by atoms with Crippen molar-refractivity contribution in [3.63, 3.8) is 0 Å². The summed E-state index contributed by atoms with van der Waals surface area (Å²) in [6.07, 6.45) is 2.87. The molecule has 0 unspecified atom stereocenters. The van der Waals surface area contributed by atoms with E-state index in [9.17, 15) is 14.4 Å². The lowest BCUT2D eigenvalue weighted by atomic mass is 9.77. The van der Waals surface area contributed by atoms with E-state index in [1.807, 2.05) is 0 Å². The molecule has 2 aliphatic rings. The first-order valence-corrected chi connectivity index (χ1v) is 10.9. The quantitative estimate of drug-likeness (QED) is 0.528. The van der Waals surface area contributed by atoms with Gasteiger partial charge in [0, 0.05) is 5.02 Å². The second-order valence-corrected chi connectivity index (χ2v) is 8.89. The number of nitrogens with one attached hydrogen (secondary N) is 2. The second kappa shape index (κ2) is 8.23. The van der Waals surface area contributed by atoms with Gasteiger partial charge in [-0.25, -0.2) is 4.79 Å². The molecular weight excluding hydrogens is 430 g/mol. The average Bonchev–Trinajstić information content (AvgIpc) is 3.28. The van der Waals surface area contributed by atoms with E-state index in [0.29, 0.717) is 34.6 Å². The maximum atomic E-state index is 12.8. The van der Waals surface area contributed by atoms with E-state index in [0.717, 1.165) is 29.6 Å². The normalized spacial score (nSPS) is 23.7. The third-order valence-corrected chi connectivity index (χ3v) is 6.54. The number of hydrazine groups is 1. The van der Waals surface area contributed by atoms with Crippen molar-refractivity contribution in [1.29, 1.82) is 0 Å². The molecule has 1 aromatic heterocycles. The standard InChI is InChI=1S/C18H20ClN7O3S/c1-11-6-8-18(9-7-11)15(28)26(16(29)20-18)22-14(27)10-30-17-21-23-24-25(17)13-4-2-12(19)3-5-13/h2-5,11H,6-10H2,1H3,(H,20,29)(H,22,27). The Hall–Kier alpha value is -2.66. The van der Waals surface area contributed by atoms with E-state index in [4.69, 9.17) is 11.6 Å². The highest BCUT2D eigenvalue weighted by atomic mass is 35.5. The number of urea groups is 1. The van der Waals surface area contributed by atoms with Crippen LogP contribution in [-0.2, 0) is 9.59 Å². The summed E-state index contributed by atoms with van der Waals surface area (Å²) in [7, 11) is 0. The van der Waals surface area contributed by atoms with Gasteiger partial charge in [-0.3, -0.25) is 15.0 Å². The van der Waals surface area contributed by atoms with Crippen LogP contribution in [0.1, 0.15) is 32.6 Å². The van der Waals surface area contributed by atoms with Gasteiger partial charge < -0.3 is 5.32 Å². The second-order valence-electron chi connectivity index (χ2n) is 7.51. The Morgan fingerprint density at radius 2 is 2.00 bits per heavy atom. The third kappa shape index (κ3) is 3.99. The smallest absolute Gasteiger partial charge is 0.322 e. The molecule has 4 rings (SSSR count). The van der Waals surface area contributed by atoms with Crippen molar-refractivity contribution in [2.75, 3.05) is 5.75 Å². The van der Waals surface area contributed by atoms with Crippen molar-refractivity contribution < 1.29 is 14.4 Å². The Labute approximate surface area is 181 Å². The molecule has 2 heterocycles. The molecule has 2 N–H and O–H groups in total. The first-order chi connectivity index (χ1) is 14.4. The van der Waals surface area contributed by atoms with Gasteiger partial charge in [-0.15, -0.1) is 5.10 Å². The molecule has 158 valence electrons. The molecule has 1 spiro atoms. The third-order valence-electron chi connectivity index (χ3n) is 5.37. The number of imide groups is 1. The molecule has 2 fully saturated rings. The maximum absolute atomic E-state index is 12.8. The van der Waals surface area contributed by atoms with Crippen LogP contribution in [0.3, 0.4) is 0 Å². The van der Waals surface area contributed by atoms with Crippen LogP contribution in [0.5, 0.6) is 0 Å². The van der Waals surface area contributed by atoms with Crippen LogP contribution in [0.2, 0.25) is 5.02 Å². The predicted molar refractivity (Wildman–Crippen MR) is 109 cm³/mol. The number of thioether (sulfide) groups is 1. The topological polar surface area (TPSA) is 122 Å². The number of carbonyl (C=O) groups is 3. The lowest BCUT2D eigenvalue weighted by molar-refractivity contribution is -0.139. The van der Waals surface area contributed by atoms with Gasteiger partial charge in [0.05, 0.1) is 11.4 Å². The van der Waals surface area contributed by atoms with Crippen molar-refractivity contribution in [3.8, 4) is 5.69 Å². The van der Waals surface area contributed by atoms with E-state index >= 15 is 0 Å². The Morgan fingerprint density at radius 1 is 1.30 bits per heavy atom. The molecule has 12 heteroatoms. The van der Waals surface area contributed by atoms with Crippen LogP contribution in [0.4, 0.5) is 4.79 Å². The summed E-state index contributed by atoms with van der Waals surface area (Å²) in [5.74, 6) is -0.458. The number of nitrogens with zero attached hydrogens (tertiary/aromatic N) is 5. The lowest BCUT2D eigenvalue weighted by Gasteiger charge is -2.33. The molecule has 1 saturated carbocycles. The monoisotopic (exact) mass is 449 g/mol. The number of carbonyl (C=O) groups excluding carboxylic acids is 3. The summed E-state index contributed by atoms with van der Waals surface area (Å²) < 4.78 is 1.47. The van der Waals surface area contributed by atoms with Crippen LogP contribution in [-0.4, -0.2) is 54.4 Å². The molecule has 1 aliphatic carbocycles. The van der Waals surface area contributed by atoms with E-state index in [-0.39, 0.29) is 5.75 Å². The number of tetrazole rings is 1. The lowest BCUT2D eigenvalue weighted by Crippen LogP contribution is -2.51. The van der Waals surface area contributed by atoms with Crippen LogP contribution < -0.4 is 10.7 Å². The highest BCUT2D eigenvalue weighted by molar-refractivity contribution is 7.99. The van der Waals surface area contributed by atoms with E-state index in [2.05, 4.69) is 33.2 Å². The van der Waals surface area contributed by atoms with E-state index < -0.39 is 23.4 Å². The summed E-state index contributed by atoms with van der Waals surface area (Å²) in [5, 5.41) is 16.0. The van der Waals surface area contributed by atoms with Crippen molar-refractivity contribution in [2.24, 2.45) is 5.92 Å². The zero-order valence-electron chi connectivity index (χ0n) is 16.2. The van der Waals surface area contributed by atoms with Crippen LogP contribution in [0, 0.1) is 5.92 Å². The largest absolute Gasteiger partial charge is 0.344 e. The minimum atomic E-state index is -0.900. The molecular formula is C18H20ClN7O3S. The number of amides is 4. The Kier molecular flexibility index (Phi) is 5.65. The number of benzene rings is 1. The van der Waals surface area contributed by atoms with Crippen molar-refractivity contribution >= 4 is 41.2 Å². The van der Waals surface area contributed by atoms with Gasteiger partial charge in [-0.2, -0.15) is 9.69 Å². The Morgan fingerprint density at radius 3 is 2.70 bits per heavy atom. The Balaban J connectivity index is 1.37. The van der Waals surface area contributed by atoms with Crippen LogP contribution in [0.25, 0.3) is 5.69 Å². The summed E-state index contributed by atoms with van der Waals surface area (Å²) in [6, 6.07) is 6.32.